The van der Waals surface area contributed by atoms with Gasteiger partial charge in [-0.1, -0.05) is 13.3 Å². The molecule has 0 aromatic rings. The van der Waals surface area contributed by atoms with Crippen LogP contribution in [0, 0.1) is 5.92 Å². The molecule has 2 heterocycles. The van der Waals surface area contributed by atoms with Gasteiger partial charge in [0.15, 0.2) is 5.96 Å². The van der Waals surface area contributed by atoms with E-state index in [0.29, 0.717) is 12.0 Å². The first-order valence-corrected chi connectivity index (χ1v) is 10.1. The highest BCUT2D eigenvalue weighted by molar-refractivity contribution is 5.84. The Kier molecular flexibility index (Phi) is 9.18. The summed E-state index contributed by atoms with van der Waals surface area (Å²) in [6.45, 7) is 8.00. The third-order valence-corrected chi connectivity index (χ3v) is 5.37. The highest BCUT2D eigenvalue weighted by Gasteiger charge is 2.20. The quantitative estimate of drug-likeness (QED) is 0.493. The lowest BCUT2D eigenvalue weighted by molar-refractivity contribution is -0.127. The number of nitrogens with one attached hydrogen (secondary N) is 2. The SMILES string of the molecule is CCC1CCCCN1CCNC(=NCC(=O)N(C)C)NCC1CCOC1. The number of carbonyl (C=O) groups excluding carboxylic acids is 1. The van der Waals surface area contributed by atoms with E-state index >= 15 is 0 Å². The summed E-state index contributed by atoms with van der Waals surface area (Å²) in [5, 5.41) is 6.80. The largest absolute Gasteiger partial charge is 0.381 e. The van der Waals surface area contributed by atoms with E-state index in [0.717, 1.165) is 45.2 Å². The van der Waals surface area contributed by atoms with E-state index in [9.17, 15) is 4.79 Å². The molecule has 0 radical (unpaired) electrons. The Morgan fingerprint density at radius 1 is 1.27 bits per heavy atom. The van der Waals surface area contributed by atoms with Gasteiger partial charge >= 0.3 is 0 Å². The normalized spacial score (nSPS) is 24.5. The Labute approximate surface area is 158 Å². The molecule has 0 spiro atoms. The molecule has 7 nitrogen and oxygen atoms in total. The fourth-order valence-electron chi connectivity index (χ4n) is 3.58. The van der Waals surface area contributed by atoms with Gasteiger partial charge in [0.2, 0.25) is 5.91 Å². The Morgan fingerprint density at radius 3 is 2.81 bits per heavy atom. The first-order chi connectivity index (χ1) is 12.6. The minimum Gasteiger partial charge on any atom is -0.381 e. The number of piperidine rings is 1. The van der Waals surface area contributed by atoms with E-state index < -0.39 is 0 Å². The zero-order chi connectivity index (χ0) is 18.8. The second kappa shape index (κ2) is 11.4. The fraction of sp³-hybridized carbons (Fsp3) is 0.895. The zero-order valence-electron chi connectivity index (χ0n) is 16.8. The van der Waals surface area contributed by atoms with Crippen LogP contribution in [0.2, 0.25) is 0 Å². The van der Waals surface area contributed by atoms with E-state index in [1.165, 1.54) is 32.2 Å². The van der Waals surface area contributed by atoms with Gasteiger partial charge in [-0.05, 0) is 32.2 Å². The lowest BCUT2D eigenvalue weighted by Gasteiger charge is -2.35. The van der Waals surface area contributed by atoms with Gasteiger partial charge in [0.25, 0.3) is 0 Å². The maximum atomic E-state index is 11.8. The van der Waals surface area contributed by atoms with Crippen LogP contribution in [0.1, 0.15) is 39.0 Å². The van der Waals surface area contributed by atoms with Crippen LogP contribution in [0.15, 0.2) is 4.99 Å². The molecule has 0 aromatic heterocycles. The van der Waals surface area contributed by atoms with Crippen LogP contribution < -0.4 is 10.6 Å². The van der Waals surface area contributed by atoms with Gasteiger partial charge in [0.05, 0.1) is 6.61 Å². The van der Waals surface area contributed by atoms with Gasteiger partial charge in [-0.2, -0.15) is 0 Å². The van der Waals surface area contributed by atoms with Crippen LogP contribution in [0.25, 0.3) is 0 Å². The average Bonchev–Trinajstić information content (AvgIpc) is 3.17. The maximum Gasteiger partial charge on any atom is 0.243 e. The number of aliphatic imine (C=N–C) groups is 1. The molecule has 150 valence electrons. The van der Waals surface area contributed by atoms with Gasteiger partial charge in [0, 0.05) is 52.3 Å². The number of rotatable bonds is 8. The minimum atomic E-state index is 0.0115. The van der Waals surface area contributed by atoms with Crippen molar-refractivity contribution < 1.29 is 9.53 Å². The number of likely N-dealkylation sites (tertiary alicyclic amines) is 1. The minimum absolute atomic E-state index is 0.0115. The van der Waals surface area contributed by atoms with Crippen LogP contribution in [0.5, 0.6) is 0 Å². The van der Waals surface area contributed by atoms with Gasteiger partial charge in [0.1, 0.15) is 6.54 Å². The average molecular weight is 368 g/mol. The van der Waals surface area contributed by atoms with Crippen molar-refractivity contribution in [2.75, 3.05) is 60.0 Å². The molecule has 2 unspecified atom stereocenters. The van der Waals surface area contributed by atoms with Crippen molar-refractivity contribution in [3.8, 4) is 0 Å². The zero-order valence-corrected chi connectivity index (χ0v) is 16.8. The summed E-state index contributed by atoms with van der Waals surface area (Å²) < 4.78 is 5.44. The Balaban J connectivity index is 1.81. The third kappa shape index (κ3) is 7.11. The lowest BCUT2D eigenvalue weighted by Crippen LogP contribution is -2.46. The number of hydrogen-bond acceptors (Lipinski definition) is 4. The number of ether oxygens (including phenoxy) is 1. The summed E-state index contributed by atoms with van der Waals surface area (Å²) in [7, 11) is 3.52. The lowest BCUT2D eigenvalue weighted by atomic mass is 10.0. The van der Waals surface area contributed by atoms with Crippen molar-refractivity contribution >= 4 is 11.9 Å². The van der Waals surface area contributed by atoms with Crippen molar-refractivity contribution in [1.29, 1.82) is 0 Å². The summed E-state index contributed by atoms with van der Waals surface area (Å²) in [5.74, 6) is 1.27. The molecule has 0 bridgehead atoms. The molecule has 2 rings (SSSR count). The molecule has 2 aliphatic heterocycles. The summed E-state index contributed by atoms with van der Waals surface area (Å²) >= 11 is 0. The van der Waals surface area contributed by atoms with Gasteiger partial charge in [-0.15, -0.1) is 0 Å². The molecule has 0 saturated carbocycles. The molecule has 2 N–H and O–H groups in total. The first kappa shape index (κ1) is 21.0. The van der Waals surface area contributed by atoms with Crippen LogP contribution in [0.4, 0.5) is 0 Å². The van der Waals surface area contributed by atoms with Crippen LogP contribution >= 0.6 is 0 Å². The molecule has 0 aliphatic carbocycles. The molecular formula is C19H37N5O2. The van der Waals surface area contributed by atoms with Crippen molar-refractivity contribution in [2.45, 2.75) is 45.1 Å². The molecule has 2 fully saturated rings. The smallest absolute Gasteiger partial charge is 0.243 e. The standard InChI is InChI=1S/C19H37N5O2/c1-4-17-7-5-6-10-24(17)11-9-20-19(22-14-18(25)23(2)3)21-13-16-8-12-26-15-16/h16-17H,4-15H2,1-3H3,(H2,20,21,22). The van der Waals surface area contributed by atoms with Crippen molar-refractivity contribution in [1.82, 2.24) is 20.4 Å². The van der Waals surface area contributed by atoms with E-state index in [4.69, 9.17) is 4.74 Å². The molecule has 2 aliphatic rings. The van der Waals surface area contributed by atoms with E-state index in [2.05, 4.69) is 27.4 Å². The van der Waals surface area contributed by atoms with Crippen molar-refractivity contribution in [2.24, 2.45) is 10.9 Å². The molecule has 7 heteroatoms. The molecular weight excluding hydrogens is 330 g/mol. The van der Waals surface area contributed by atoms with Gasteiger partial charge < -0.3 is 20.3 Å². The van der Waals surface area contributed by atoms with Crippen LogP contribution in [-0.4, -0.2) is 87.7 Å². The van der Waals surface area contributed by atoms with Crippen molar-refractivity contribution in [3.63, 3.8) is 0 Å². The predicted molar refractivity (Wildman–Crippen MR) is 105 cm³/mol. The highest BCUT2D eigenvalue weighted by atomic mass is 16.5. The number of nitrogens with zero attached hydrogens (tertiary/aromatic N) is 3. The predicted octanol–water partition coefficient (Wildman–Crippen LogP) is 0.911. The number of amides is 1. The monoisotopic (exact) mass is 367 g/mol. The number of likely N-dealkylation sites (N-methyl/N-ethyl adjacent to an activating group) is 1. The second-order valence-corrected chi connectivity index (χ2v) is 7.58. The molecule has 1 amide bonds. The van der Waals surface area contributed by atoms with Crippen LogP contribution in [0.3, 0.4) is 0 Å². The summed E-state index contributed by atoms with van der Waals surface area (Å²) in [4.78, 5) is 20.5. The summed E-state index contributed by atoms with van der Waals surface area (Å²) in [6, 6.07) is 0.713. The molecule has 2 saturated heterocycles. The Hall–Kier alpha value is -1.34. The van der Waals surface area contributed by atoms with Crippen LogP contribution in [-0.2, 0) is 9.53 Å². The molecule has 26 heavy (non-hydrogen) atoms. The maximum absolute atomic E-state index is 11.8. The number of guanidine groups is 1. The summed E-state index contributed by atoms with van der Waals surface area (Å²) in [5.41, 5.74) is 0. The first-order valence-electron chi connectivity index (χ1n) is 10.1. The Morgan fingerprint density at radius 2 is 2.12 bits per heavy atom. The highest BCUT2D eigenvalue weighted by Crippen LogP contribution is 2.18. The van der Waals surface area contributed by atoms with Gasteiger partial charge in [-0.25, -0.2) is 4.99 Å². The number of carbonyl (C=O) groups is 1. The fourth-order valence-corrected chi connectivity index (χ4v) is 3.58. The second-order valence-electron chi connectivity index (χ2n) is 7.58. The van der Waals surface area contributed by atoms with E-state index in [-0.39, 0.29) is 12.5 Å². The molecule has 2 atom stereocenters. The number of hydrogen-bond donors (Lipinski definition) is 2. The Bertz CT molecular complexity index is 449. The molecule has 0 aromatic carbocycles. The van der Waals surface area contributed by atoms with Gasteiger partial charge in [-0.3, -0.25) is 9.69 Å². The topological polar surface area (TPSA) is 69.2 Å². The summed E-state index contributed by atoms with van der Waals surface area (Å²) in [6.07, 6.45) is 6.28. The van der Waals surface area contributed by atoms with E-state index in [1.54, 1.807) is 19.0 Å². The van der Waals surface area contributed by atoms with Crippen molar-refractivity contribution in [3.05, 3.63) is 0 Å². The third-order valence-electron chi connectivity index (χ3n) is 5.37. The van der Waals surface area contributed by atoms with E-state index in [1.807, 2.05) is 0 Å².